The molecule has 76 valence electrons. The second kappa shape index (κ2) is 3.50. The summed E-state index contributed by atoms with van der Waals surface area (Å²) in [5.41, 5.74) is 1.79. The van der Waals surface area contributed by atoms with Gasteiger partial charge in [0.25, 0.3) is 0 Å². The van der Waals surface area contributed by atoms with Gasteiger partial charge in [-0.3, -0.25) is 4.79 Å². The zero-order chi connectivity index (χ0) is 10.9. The molecule has 1 aromatic rings. The van der Waals surface area contributed by atoms with Crippen LogP contribution in [0.15, 0.2) is 42.5 Å². The first-order chi connectivity index (χ1) is 7.18. The Labute approximate surface area is 90.1 Å². The lowest BCUT2D eigenvalue weighted by Crippen LogP contribution is -2.27. The van der Waals surface area contributed by atoms with Crippen LogP contribution in [0.5, 0.6) is 0 Å². The quantitative estimate of drug-likeness (QED) is 0.667. The van der Waals surface area contributed by atoms with Crippen LogP contribution in [0, 0.1) is 0 Å². The van der Waals surface area contributed by atoms with Gasteiger partial charge >= 0.3 is 0 Å². The highest BCUT2D eigenvalue weighted by Gasteiger charge is 2.35. The molecule has 1 aliphatic carbocycles. The van der Waals surface area contributed by atoms with Gasteiger partial charge in [-0.1, -0.05) is 42.5 Å². The Hall–Kier alpha value is -1.63. The van der Waals surface area contributed by atoms with Crippen molar-refractivity contribution in [3.8, 4) is 0 Å². The number of fused-ring (bicyclic) bond motifs is 1. The lowest BCUT2D eigenvalue weighted by molar-refractivity contribution is -0.117. The van der Waals surface area contributed by atoms with E-state index in [2.05, 4.69) is 0 Å². The van der Waals surface area contributed by atoms with E-state index >= 15 is 0 Å². The summed E-state index contributed by atoms with van der Waals surface area (Å²) >= 11 is 0. The van der Waals surface area contributed by atoms with Crippen LogP contribution in [0.25, 0.3) is 6.08 Å². The number of rotatable bonds is 2. The Morgan fingerprint density at radius 1 is 1.33 bits per heavy atom. The SMILES string of the molecule is C/C=C/C(=O)C1(C)C=Cc2ccccc21. The minimum Gasteiger partial charge on any atom is -0.294 e. The van der Waals surface area contributed by atoms with Crippen LogP contribution >= 0.6 is 0 Å². The lowest BCUT2D eigenvalue weighted by atomic mass is 9.80. The highest BCUT2D eigenvalue weighted by Crippen LogP contribution is 2.36. The van der Waals surface area contributed by atoms with Crippen molar-refractivity contribution in [3.63, 3.8) is 0 Å². The summed E-state index contributed by atoms with van der Waals surface area (Å²) < 4.78 is 0. The zero-order valence-electron chi connectivity index (χ0n) is 9.03. The van der Waals surface area contributed by atoms with Crippen molar-refractivity contribution in [3.05, 3.63) is 53.6 Å². The van der Waals surface area contributed by atoms with E-state index in [9.17, 15) is 4.79 Å². The molecule has 1 atom stereocenters. The summed E-state index contributed by atoms with van der Waals surface area (Å²) in [4.78, 5) is 12.0. The third-order valence-corrected chi connectivity index (χ3v) is 2.95. The summed E-state index contributed by atoms with van der Waals surface area (Å²) in [7, 11) is 0. The third kappa shape index (κ3) is 1.44. The Morgan fingerprint density at radius 2 is 2.07 bits per heavy atom. The number of carbonyl (C=O) groups is 1. The molecule has 0 amide bonds. The molecule has 0 spiro atoms. The highest BCUT2D eigenvalue weighted by molar-refractivity contribution is 6.03. The van der Waals surface area contributed by atoms with Crippen molar-refractivity contribution in [1.29, 1.82) is 0 Å². The lowest BCUT2D eigenvalue weighted by Gasteiger charge is -2.20. The molecule has 0 bridgehead atoms. The van der Waals surface area contributed by atoms with Crippen LogP contribution < -0.4 is 0 Å². The van der Waals surface area contributed by atoms with Gasteiger partial charge in [0.15, 0.2) is 5.78 Å². The first-order valence-electron chi connectivity index (χ1n) is 5.14. The molecular formula is C14H14O. The molecule has 1 nitrogen and oxygen atoms in total. The molecule has 0 heterocycles. The van der Waals surface area contributed by atoms with Gasteiger partial charge in [0.1, 0.15) is 0 Å². The second-order valence-corrected chi connectivity index (χ2v) is 3.99. The first kappa shape index (κ1) is 9.91. The molecule has 0 N–H and O–H groups in total. The van der Waals surface area contributed by atoms with Gasteiger partial charge in [-0.25, -0.2) is 0 Å². The number of carbonyl (C=O) groups excluding carboxylic acids is 1. The largest absolute Gasteiger partial charge is 0.294 e. The molecule has 0 aliphatic heterocycles. The Balaban J connectivity index is 2.50. The molecular weight excluding hydrogens is 184 g/mol. The van der Waals surface area contributed by atoms with Crippen LogP contribution in [0.3, 0.4) is 0 Å². The fourth-order valence-electron chi connectivity index (χ4n) is 2.00. The maximum absolute atomic E-state index is 12.0. The average molecular weight is 198 g/mol. The summed E-state index contributed by atoms with van der Waals surface area (Å²) in [6, 6.07) is 8.04. The van der Waals surface area contributed by atoms with Gasteiger partial charge in [-0.2, -0.15) is 0 Å². The first-order valence-corrected chi connectivity index (χ1v) is 5.14. The van der Waals surface area contributed by atoms with E-state index in [4.69, 9.17) is 0 Å². The molecule has 2 rings (SSSR count). The van der Waals surface area contributed by atoms with E-state index in [0.29, 0.717) is 0 Å². The molecule has 1 heteroatoms. The Kier molecular flexibility index (Phi) is 2.31. The van der Waals surface area contributed by atoms with Crippen molar-refractivity contribution in [2.45, 2.75) is 19.3 Å². The predicted molar refractivity (Wildman–Crippen MR) is 62.6 cm³/mol. The molecule has 1 aliphatic rings. The van der Waals surface area contributed by atoms with E-state index in [1.165, 1.54) is 0 Å². The fraction of sp³-hybridized carbons (Fsp3) is 0.214. The molecule has 1 unspecified atom stereocenters. The zero-order valence-corrected chi connectivity index (χ0v) is 9.03. The maximum Gasteiger partial charge on any atom is 0.169 e. The van der Waals surface area contributed by atoms with Gasteiger partial charge in [0.05, 0.1) is 5.41 Å². The standard InChI is InChI=1S/C14H14O/c1-3-6-13(15)14(2)10-9-11-7-4-5-8-12(11)14/h3-10H,1-2H3/b6-3+. The monoisotopic (exact) mass is 198 g/mol. The molecule has 0 fully saturated rings. The summed E-state index contributed by atoms with van der Waals surface area (Å²) in [6.07, 6.45) is 7.45. The minimum absolute atomic E-state index is 0.145. The average Bonchev–Trinajstić information content (AvgIpc) is 2.59. The van der Waals surface area contributed by atoms with Gasteiger partial charge in [-0.05, 0) is 31.1 Å². The van der Waals surface area contributed by atoms with E-state index in [1.54, 1.807) is 12.2 Å². The second-order valence-electron chi connectivity index (χ2n) is 3.99. The van der Waals surface area contributed by atoms with E-state index < -0.39 is 5.41 Å². The highest BCUT2D eigenvalue weighted by atomic mass is 16.1. The van der Waals surface area contributed by atoms with Crippen LogP contribution in [-0.4, -0.2) is 5.78 Å². The smallest absolute Gasteiger partial charge is 0.169 e. The van der Waals surface area contributed by atoms with Crippen LogP contribution in [-0.2, 0) is 10.2 Å². The van der Waals surface area contributed by atoms with Crippen molar-refractivity contribution in [2.24, 2.45) is 0 Å². The fourth-order valence-corrected chi connectivity index (χ4v) is 2.00. The topological polar surface area (TPSA) is 17.1 Å². The summed E-state index contributed by atoms with van der Waals surface area (Å²) in [5, 5.41) is 0. The number of hydrogen-bond donors (Lipinski definition) is 0. The molecule has 0 saturated heterocycles. The Morgan fingerprint density at radius 3 is 2.80 bits per heavy atom. The predicted octanol–water partition coefficient (Wildman–Crippen LogP) is 3.12. The number of hydrogen-bond acceptors (Lipinski definition) is 1. The van der Waals surface area contributed by atoms with Gasteiger partial charge in [0, 0.05) is 0 Å². The van der Waals surface area contributed by atoms with Gasteiger partial charge in [0.2, 0.25) is 0 Å². The number of allylic oxidation sites excluding steroid dienone is 3. The molecule has 15 heavy (non-hydrogen) atoms. The van der Waals surface area contributed by atoms with E-state index in [-0.39, 0.29) is 5.78 Å². The van der Waals surface area contributed by atoms with E-state index in [1.807, 2.05) is 50.3 Å². The van der Waals surface area contributed by atoms with Crippen LogP contribution in [0.4, 0.5) is 0 Å². The number of ketones is 1. The molecule has 0 radical (unpaired) electrons. The maximum atomic E-state index is 12.0. The van der Waals surface area contributed by atoms with Crippen molar-refractivity contribution in [1.82, 2.24) is 0 Å². The van der Waals surface area contributed by atoms with Gasteiger partial charge < -0.3 is 0 Å². The Bertz CT molecular complexity index is 454. The number of benzene rings is 1. The van der Waals surface area contributed by atoms with E-state index in [0.717, 1.165) is 11.1 Å². The summed E-state index contributed by atoms with van der Waals surface area (Å²) in [6.45, 7) is 3.84. The third-order valence-electron chi connectivity index (χ3n) is 2.95. The molecule has 0 aromatic heterocycles. The van der Waals surface area contributed by atoms with Crippen LogP contribution in [0.2, 0.25) is 0 Å². The van der Waals surface area contributed by atoms with Crippen molar-refractivity contribution < 1.29 is 4.79 Å². The van der Waals surface area contributed by atoms with Crippen molar-refractivity contribution in [2.75, 3.05) is 0 Å². The molecule has 1 aromatic carbocycles. The minimum atomic E-state index is -0.469. The normalized spacial score (nSPS) is 23.3. The summed E-state index contributed by atoms with van der Waals surface area (Å²) in [5.74, 6) is 0.145. The van der Waals surface area contributed by atoms with Crippen molar-refractivity contribution >= 4 is 11.9 Å². The molecule has 0 saturated carbocycles. The van der Waals surface area contributed by atoms with Gasteiger partial charge in [-0.15, -0.1) is 0 Å². The van der Waals surface area contributed by atoms with Crippen LogP contribution in [0.1, 0.15) is 25.0 Å².